The molecule has 2 aromatic heterocycles. The zero-order valence-electron chi connectivity index (χ0n) is 28.4. The first-order valence-corrected chi connectivity index (χ1v) is 17.1. The van der Waals surface area contributed by atoms with Crippen molar-refractivity contribution in [2.75, 3.05) is 58.5 Å². The highest BCUT2D eigenvalue weighted by atomic mass is 16.5. The van der Waals surface area contributed by atoms with Crippen molar-refractivity contribution in [2.24, 2.45) is 5.73 Å². The number of aromatic amines is 2. The zero-order chi connectivity index (χ0) is 34.6. The average molecular weight is 678 g/mol. The maximum absolute atomic E-state index is 11.3. The standard InChI is InChI=1S/C38H43N7O5/c1-44-14-16-45(17-15-44)26-9-13-31-33(21-26)43-37(41-31)25-8-12-30-32(20-25)42-36(40-30)24-6-10-27(11-7-24)49-18-4-3-5-19-50-35-23-29(39)28(38(46)47)22-34(35)48-2/h6-13,20-23,34-35H,3-5,14-19,39H2,1-2H3,(H,40,42)(H,41,43)(H,46,47). The lowest BCUT2D eigenvalue weighted by Crippen LogP contribution is -2.44. The Hall–Kier alpha value is -5.17. The minimum absolute atomic E-state index is 0.0447. The number of fused-ring (bicyclic) bond motifs is 2. The molecule has 50 heavy (non-hydrogen) atoms. The van der Waals surface area contributed by atoms with Crippen molar-refractivity contribution in [3.05, 3.63) is 84.1 Å². The lowest BCUT2D eigenvalue weighted by Gasteiger charge is -2.34. The molecule has 0 spiro atoms. The number of methoxy groups -OCH3 is 1. The van der Waals surface area contributed by atoms with Gasteiger partial charge in [-0.2, -0.15) is 0 Å². The molecule has 12 nitrogen and oxygen atoms in total. The number of hydrogen-bond donors (Lipinski definition) is 4. The highest BCUT2D eigenvalue weighted by Gasteiger charge is 2.27. The van der Waals surface area contributed by atoms with Crippen LogP contribution in [0.25, 0.3) is 44.8 Å². The van der Waals surface area contributed by atoms with E-state index in [1.165, 1.54) is 18.9 Å². The molecule has 2 unspecified atom stereocenters. The number of aliphatic carboxylic acids is 1. The van der Waals surface area contributed by atoms with Crippen molar-refractivity contribution in [2.45, 2.75) is 31.5 Å². The van der Waals surface area contributed by atoms with E-state index in [-0.39, 0.29) is 11.3 Å². The van der Waals surface area contributed by atoms with Gasteiger partial charge in [-0.05, 0) is 99.1 Å². The zero-order valence-corrected chi connectivity index (χ0v) is 28.4. The summed E-state index contributed by atoms with van der Waals surface area (Å²) in [7, 11) is 3.70. The molecule has 1 fully saturated rings. The molecule has 7 rings (SSSR count). The molecule has 12 heteroatoms. The van der Waals surface area contributed by atoms with E-state index in [1.54, 1.807) is 6.08 Å². The number of nitrogens with one attached hydrogen (secondary N) is 2. The van der Waals surface area contributed by atoms with Crippen molar-refractivity contribution in [1.29, 1.82) is 0 Å². The van der Waals surface area contributed by atoms with E-state index in [2.05, 4.69) is 57.1 Å². The van der Waals surface area contributed by atoms with E-state index < -0.39 is 18.2 Å². The van der Waals surface area contributed by atoms with Gasteiger partial charge in [0, 0.05) is 62.4 Å². The summed E-state index contributed by atoms with van der Waals surface area (Å²) in [6.07, 6.45) is 4.84. The molecule has 0 bridgehead atoms. The van der Waals surface area contributed by atoms with Gasteiger partial charge in [0.05, 0.1) is 34.2 Å². The molecule has 260 valence electrons. The fraction of sp³-hybridized carbons (Fsp3) is 0.342. The van der Waals surface area contributed by atoms with E-state index in [0.29, 0.717) is 13.2 Å². The number of unbranched alkanes of at least 4 members (excludes halogenated alkanes) is 2. The molecular weight excluding hydrogens is 634 g/mol. The molecule has 0 radical (unpaired) electrons. The second kappa shape index (κ2) is 14.8. The van der Waals surface area contributed by atoms with Crippen LogP contribution < -0.4 is 15.4 Å². The number of nitrogens with two attached hydrogens (primary N) is 1. The highest BCUT2D eigenvalue weighted by Crippen LogP contribution is 2.29. The van der Waals surface area contributed by atoms with Crippen LogP contribution in [0.15, 0.2) is 84.1 Å². The second-order valence-corrected chi connectivity index (χ2v) is 12.9. The summed E-state index contributed by atoms with van der Waals surface area (Å²) in [4.78, 5) is 32.8. The van der Waals surface area contributed by atoms with Gasteiger partial charge in [0.25, 0.3) is 0 Å². The van der Waals surface area contributed by atoms with Gasteiger partial charge < -0.3 is 44.8 Å². The predicted molar refractivity (Wildman–Crippen MR) is 194 cm³/mol. The van der Waals surface area contributed by atoms with Crippen LogP contribution in [0.4, 0.5) is 5.69 Å². The highest BCUT2D eigenvalue weighted by molar-refractivity contribution is 5.92. The van der Waals surface area contributed by atoms with Gasteiger partial charge >= 0.3 is 5.97 Å². The molecule has 0 saturated carbocycles. The first kappa shape index (κ1) is 33.3. The van der Waals surface area contributed by atoms with E-state index >= 15 is 0 Å². The van der Waals surface area contributed by atoms with Gasteiger partial charge in [-0.25, -0.2) is 14.8 Å². The van der Waals surface area contributed by atoms with Gasteiger partial charge in [0.2, 0.25) is 0 Å². The molecule has 5 aromatic rings. The SMILES string of the molecule is COC1C=C(C(=O)O)C(N)=CC1OCCCCCOc1ccc(-c2nc3ccc(-c4nc5ccc(N6CCN(C)CC6)cc5[nH]4)cc3[nH]2)cc1. The Morgan fingerprint density at radius 3 is 2.22 bits per heavy atom. The van der Waals surface area contributed by atoms with Crippen LogP contribution in [0.1, 0.15) is 19.3 Å². The van der Waals surface area contributed by atoms with E-state index in [9.17, 15) is 9.90 Å². The Balaban J connectivity index is 0.897. The van der Waals surface area contributed by atoms with Crippen LogP contribution in [0.5, 0.6) is 5.75 Å². The average Bonchev–Trinajstić information content (AvgIpc) is 3.76. The van der Waals surface area contributed by atoms with Gasteiger partial charge in [-0.3, -0.25) is 0 Å². The van der Waals surface area contributed by atoms with Crippen molar-refractivity contribution < 1.29 is 24.1 Å². The normalized spacial score (nSPS) is 18.4. The number of carboxylic acid groups (broad SMARTS) is 1. The maximum atomic E-state index is 11.3. The van der Waals surface area contributed by atoms with Crippen molar-refractivity contribution in [1.82, 2.24) is 24.8 Å². The number of anilines is 1. The minimum Gasteiger partial charge on any atom is -0.494 e. The van der Waals surface area contributed by atoms with Gasteiger partial charge in [-0.15, -0.1) is 0 Å². The van der Waals surface area contributed by atoms with E-state index in [0.717, 1.165) is 96.0 Å². The second-order valence-electron chi connectivity index (χ2n) is 12.9. The van der Waals surface area contributed by atoms with Crippen LogP contribution in [0, 0.1) is 0 Å². The van der Waals surface area contributed by atoms with Crippen LogP contribution in [0.2, 0.25) is 0 Å². The fourth-order valence-electron chi connectivity index (χ4n) is 6.45. The summed E-state index contributed by atoms with van der Waals surface area (Å²) in [5, 5.41) is 9.27. The summed E-state index contributed by atoms with van der Waals surface area (Å²) in [5.41, 5.74) is 13.2. The van der Waals surface area contributed by atoms with Crippen LogP contribution in [0.3, 0.4) is 0 Å². The maximum Gasteiger partial charge on any atom is 0.337 e. The number of hydrogen-bond acceptors (Lipinski definition) is 9. The lowest BCUT2D eigenvalue weighted by molar-refractivity contribution is -0.132. The Morgan fingerprint density at radius 2 is 1.50 bits per heavy atom. The Kier molecular flexibility index (Phi) is 9.83. The third-order valence-corrected chi connectivity index (χ3v) is 9.40. The van der Waals surface area contributed by atoms with Gasteiger partial charge in [0.15, 0.2) is 0 Å². The topological polar surface area (TPSA) is 155 Å². The summed E-state index contributed by atoms with van der Waals surface area (Å²) in [6.45, 7) is 5.30. The molecule has 2 atom stereocenters. The number of imidazole rings is 2. The number of carbonyl (C=O) groups is 1. The summed E-state index contributed by atoms with van der Waals surface area (Å²) in [5.74, 6) is 1.36. The van der Waals surface area contributed by atoms with Crippen LogP contribution in [-0.4, -0.2) is 102 Å². The number of piperazine rings is 1. The minimum atomic E-state index is -1.08. The Labute approximate surface area is 290 Å². The molecule has 1 aliphatic carbocycles. The van der Waals surface area contributed by atoms with Crippen LogP contribution in [-0.2, 0) is 14.3 Å². The number of benzene rings is 3. The van der Waals surface area contributed by atoms with E-state index in [1.807, 2.05) is 30.3 Å². The Bertz CT molecular complexity index is 2020. The third kappa shape index (κ3) is 7.37. The van der Waals surface area contributed by atoms with Gasteiger partial charge in [0.1, 0.15) is 29.6 Å². The monoisotopic (exact) mass is 677 g/mol. The van der Waals surface area contributed by atoms with E-state index in [4.69, 9.17) is 29.9 Å². The first-order valence-electron chi connectivity index (χ1n) is 17.1. The number of carboxylic acids is 1. The molecule has 2 aliphatic rings. The number of aromatic nitrogens is 4. The largest absolute Gasteiger partial charge is 0.494 e. The fourth-order valence-corrected chi connectivity index (χ4v) is 6.45. The summed E-state index contributed by atoms with van der Waals surface area (Å²) < 4.78 is 17.3. The van der Waals surface area contributed by atoms with Crippen LogP contribution >= 0.6 is 0 Å². The van der Waals surface area contributed by atoms with Crippen molar-refractivity contribution in [3.8, 4) is 28.5 Å². The predicted octanol–water partition coefficient (Wildman–Crippen LogP) is 5.34. The lowest BCUT2D eigenvalue weighted by atomic mass is 9.99. The van der Waals surface area contributed by atoms with Gasteiger partial charge in [-0.1, -0.05) is 0 Å². The number of ether oxygens (including phenoxy) is 3. The van der Waals surface area contributed by atoms with Crippen molar-refractivity contribution >= 4 is 33.7 Å². The quantitative estimate of drug-likeness (QED) is 0.120. The molecule has 3 heterocycles. The molecular formula is C38H43N7O5. The number of nitrogens with zero attached hydrogens (tertiary/aromatic N) is 4. The molecule has 1 aliphatic heterocycles. The van der Waals surface area contributed by atoms with Crippen molar-refractivity contribution in [3.63, 3.8) is 0 Å². The number of likely N-dealkylation sites (N-methyl/N-ethyl adjacent to an activating group) is 1. The molecule has 3 aromatic carbocycles. The third-order valence-electron chi connectivity index (χ3n) is 9.40. The molecule has 0 amide bonds. The summed E-state index contributed by atoms with van der Waals surface area (Å²) in [6, 6.07) is 20.6. The molecule has 1 saturated heterocycles. The Morgan fingerprint density at radius 1 is 0.840 bits per heavy atom. The first-order chi connectivity index (χ1) is 24.3. The number of rotatable bonds is 13. The molecule has 5 N–H and O–H groups in total. The number of H-pyrrole nitrogens is 2. The smallest absolute Gasteiger partial charge is 0.337 e. The summed E-state index contributed by atoms with van der Waals surface area (Å²) >= 11 is 0.